The summed E-state index contributed by atoms with van der Waals surface area (Å²) in [4.78, 5) is 10.8. The molecule has 0 aliphatic rings. The molecule has 0 amide bonds. The smallest absolute Gasteiger partial charge is 0.153 e. The zero-order valence-corrected chi connectivity index (χ0v) is 10.4. The van der Waals surface area contributed by atoms with Crippen LogP contribution in [-0.4, -0.2) is 12.9 Å². The molecule has 0 radical (unpaired) electrons. The van der Waals surface area contributed by atoms with Crippen LogP contribution in [0.15, 0.2) is 24.3 Å². The van der Waals surface area contributed by atoms with E-state index >= 15 is 0 Å². The fraction of sp³-hybridized carbons (Fsp3) is 0.250. The van der Waals surface area contributed by atoms with Crippen LogP contribution in [0.3, 0.4) is 0 Å². The van der Waals surface area contributed by atoms with Gasteiger partial charge in [0.05, 0.1) is 10.6 Å². The molecule has 0 atom stereocenters. The van der Waals surface area contributed by atoms with E-state index in [-0.39, 0.29) is 0 Å². The van der Waals surface area contributed by atoms with E-state index in [1.807, 2.05) is 6.92 Å². The van der Waals surface area contributed by atoms with Gasteiger partial charge in [-0.3, -0.25) is 4.79 Å². The molecule has 0 aliphatic heterocycles. The Balaban J connectivity index is 2.94. The van der Waals surface area contributed by atoms with E-state index in [0.717, 1.165) is 12.0 Å². The fourth-order valence-electron chi connectivity index (χ4n) is 1.10. The molecule has 0 spiro atoms. The highest BCUT2D eigenvalue weighted by Crippen LogP contribution is 2.31. The molecule has 1 rings (SSSR count). The first-order chi connectivity index (χ1) is 7.58. The summed E-state index contributed by atoms with van der Waals surface area (Å²) >= 11 is 11.7. The summed E-state index contributed by atoms with van der Waals surface area (Å²) in [5.74, 6) is 0.357. The van der Waals surface area contributed by atoms with Gasteiger partial charge in [-0.25, -0.2) is 0 Å². The molecular formula is C12H12Cl2O2. The van der Waals surface area contributed by atoms with Gasteiger partial charge in [0.2, 0.25) is 0 Å². The number of rotatable bonds is 5. The molecule has 0 heterocycles. The molecule has 0 unspecified atom stereocenters. The van der Waals surface area contributed by atoms with Gasteiger partial charge in [-0.1, -0.05) is 36.7 Å². The number of benzene rings is 1. The van der Waals surface area contributed by atoms with Crippen molar-refractivity contribution in [2.75, 3.05) is 6.61 Å². The average Bonchev–Trinajstić information content (AvgIpc) is 2.26. The lowest BCUT2D eigenvalue weighted by molar-refractivity contribution is 0.112. The Morgan fingerprint density at radius 1 is 1.50 bits per heavy atom. The topological polar surface area (TPSA) is 26.3 Å². The molecule has 2 nitrogen and oxygen atoms in total. The number of hydrogen-bond acceptors (Lipinski definition) is 2. The van der Waals surface area contributed by atoms with Gasteiger partial charge in [-0.15, -0.1) is 0 Å². The van der Waals surface area contributed by atoms with E-state index in [1.54, 1.807) is 6.07 Å². The second-order valence-electron chi connectivity index (χ2n) is 3.32. The molecule has 1 aromatic rings. The molecule has 86 valence electrons. The summed E-state index contributed by atoms with van der Waals surface area (Å²) in [6, 6.07) is 3.06. The highest BCUT2D eigenvalue weighted by atomic mass is 35.5. The summed E-state index contributed by atoms with van der Waals surface area (Å²) in [6.45, 7) is 6.14. The van der Waals surface area contributed by atoms with E-state index < -0.39 is 0 Å². The van der Waals surface area contributed by atoms with Crippen molar-refractivity contribution < 1.29 is 9.53 Å². The van der Waals surface area contributed by atoms with Crippen molar-refractivity contribution in [3.05, 3.63) is 39.9 Å². The maximum atomic E-state index is 10.8. The van der Waals surface area contributed by atoms with Gasteiger partial charge in [-0.05, 0) is 24.1 Å². The Morgan fingerprint density at radius 3 is 2.75 bits per heavy atom. The van der Waals surface area contributed by atoms with Gasteiger partial charge in [0.25, 0.3) is 0 Å². The molecule has 16 heavy (non-hydrogen) atoms. The molecule has 0 N–H and O–H groups in total. The third-order valence-corrected chi connectivity index (χ3v) is 2.58. The monoisotopic (exact) mass is 258 g/mol. The van der Waals surface area contributed by atoms with Crippen molar-refractivity contribution in [1.82, 2.24) is 0 Å². The standard InChI is InChI=1S/C12H12Cl2O2/c1-3-8(2)7-16-12-9(6-15)4-10(13)5-11(12)14/h4-6H,2-3,7H2,1H3. The van der Waals surface area contributed by atoms with Gasteiger partial charge < -0.3 is 4.74 Å². The van der Waals surface area contributed by atoms with Crippen molar-refractivity contribution in [2.24, 2.45) is 0 Å². The van der Waals surface area contributed by atoms with Crippen LogP contribution in [0, 0.1) is 0 Å². The normalized spacial score (nSPS) is 9.94. The molecule has 1 aromatic carbocycles. The Morgan fingerprint density at radius 2 is 2.19 bits per heavy atom. The van der Waals surface area contributed by atoms with Crippen LogP contribution in [0.1, 0.15) is 23.7 Å². The summed E-state index contributed by atoms with van der Waals surface area (Å²) in [5, 5.41) is 0.743. The van der Waals surface area contributed by atoms with Gasteiger partial charge >= 0.3 is 0 Å². The van der Waals surface area contributed by atoms with Crippen molar-refractivity contribution in [1.29, 1.82) is 0 Å². The number of carbonyl (C=O) groups excluding carboxylic acids is 1. The highest BCUT2D eigenvalue weighted by molar-refractivity contribution is 6.36. The number of aldehydes is 1. The quantitative estimate of drug-likeness (QED) is 0.586. The first-order valence-corrected chi connectivity index (χ1v) is 5.57. The largest absolute Gasteiger partial charge is 0.487 e. The number of carbonyl (C=O) groups is 1. The number of hydrogen-bond donors (Lipinski definition) is 0. The Hall–Kier alpha value is -0.990. The lowest BCUT2D eigenvalue weighted by atomic mass is 10.2. The van der Waals surface area contributed by atoms with Crippen LogP contribution in [0.4, 0.5) is 0 Å². The van der Waals surface area contributed by atoms with Crippen LogP contribution in [-0.2, 0) is 0 Å². The lowest BCUT2D eigenvalue weighted by Gasteiger charge is -2.11. The van der Waals surface area contributed by atoms with Crippen molar-refractivity contribution in [3.63, 3.8) is 0 Å². The third-order valence-electron chi connectivity index (χ3n) is 2.08. The second-order valence-corrected chi connectivity index (χ2v) is 4.16. The van der Waals surface area contributed by atoms with Gasteiger partial charge in [0.15, 0.2) is 6.29 Å². The highest BCUT2D eigenvalue weighted by Gasteiger charge is 2.10. The van der Waals surface area contributed by atoms with Crippen LogP contribution in [0.5, 0.6) is 5.75 Å². The van der Waals surface area contributed by atoms with Crippen LogP contribution >= 0.6 is 23.2 Å². The van der Waals surface area contributed by atoms with E-state index in [2.05, 4.69) is 6.58 Å². The zero-order valence-electron chi connectivity index (χ0n) is 8.93. The molecule has 0 bridgehead atoms. The van der Waals surface area contributed by atoms with Crippen LogP contribution in [0.2, 0.25) is 10.0 Å². The number of ether oxygens (including phenoxy) is 1. The summed E-state index contributed by atoms with van der Waals surface area (Å²) in [5.41, 5.74) is 1.28. The van der Waals surface area contributed by atoms with Gasteiger partial charge in [-0.2, -0.15) is 0 Å². The Kier molecular flexibility index (Phi) is 4.84. The van der Waals surface area contributed by atoms with Crippen LogP contribution < -0.4 is 4.74 Å². The predicted molar refractivity (Wildman–Crippen MR) is 66.8 cm³/mol. The molecule has 0 aliphatic carbocycles. The SMILES string of the molecule is C=C(CC)COc1c(Cl)cc(Cl)cc1C=O. The minimum absolute atomic E-state index is 0.332. The fourth-order valence-corrected chi connectivity index (χ4v) is 1.66. The molecule has 0 fully saturated rings. The van der Waals surface area contributed by atoms with Gasteiger partial charge in [0.1, 0.15) is 12.4 Å². The van der Waals surface area contributed by atoms with E-state index in [9.17, 15) is 4.79 Å². The van der Waals surface area contributed by atoms with E-state index in [1.165, 1.54) is 6.07 Å². The third kappa shape index (κ3) is 3.26. The van der Waals surface area contributed by atoms with Crippen molar-refractivity contribution in [3.8, 4) is 5.75 Å². The summed E-state index contributed by atoms with van der Waals surface area (Å²) in [6.07, 6.45) is 1.49. The molecule has 0 aromatic heterocycles. The first-order valence-electron chi connectivity index (χ1n) is 4.82. The Bertz CT molecular complexity index is 414. The maximum absolute atomic E-state index is 10.8. The zero-order chi connectivity index (χ0) is 12.1. The first kappa shape index (κ1) is 13.1. The summed E-state index contributed by atoms with van der Waals surface area (Å²) in [7, 11) is 0. The van der Waals surface area contributed by atoms with Crippen molar-refractivity contribution in [2.45, 2.75) is 13.3 Å². The number of halogens is 2. The van der Waals surface area contributed by atoms with Gasteiger partial charge in [0, 0.05) is 5.02 Å². The van der Waals surface area contributed by atoms with E-state index in [0.29, 0.717) is 34.3 Å². The Labute approximate surface area is 105 Å². The summed E-state index contributed by atoms with van der Waals surface area (Å²) < 4.78 is 5.45. The minimum atomic E-state index is 0.332. The minimum Gasteiger partial charge on any atom is -0.487 e. The molecule has 0 saturated heterocycles. The molecule has 0 saturated carbocycles. The molecule has 4 heteroatoms. The van der Waals surface area contributed by atoms with Crippen molar-refractivity contribution >= 4 is 29.5 Å². The predicted octanol–water partition coefficient (Wildman–Crippen LogP) is 4.15. The maximum Gasteiger partial charge on any atom is 0.153 e. The lowest BCUT2D eigenvalue weighted by Crippen LogP contribution is -2.02. The molecular weight excluding hydrogens is 247 g/mol. The van der Waals surface area contributed by atoms with Crippen LogP contribution in [0.25, 0.3) is 0 Å². The van der Waals surface area contributed by atoms with E-state index in [4.69, 9.17) is 27.9 Å². The second kappa shape index (κ2) is 5.92. The average molecular weight is 259 g/mol.